The molecule has 1 amide bonds. The number of piperidine rings is 1. The lowest BCUT2D eigenvalue weighted by Gasteiger charge is -2.22. The van der Waals surface area contributed by atoms with Crippen LogP contribution < -0.4 is 10.0 Å². The normalized spacial score (nSPS) is 21.8. The summed E-state index contributed by atoms with van der Waals surface area (Å²) in [5.41, 5.74) is 0. The molecule has 0 bridgehead atoms. The Bertz CT molecular complexity index is 457. The smallest absolute Gasteiger partial charge is 0.257 e. The minimum atomic E-state index is -3.55. The summed E-state index contributed by atoms with van der Waals surface area (Å²) in [7, 11) is -3.55. The van der Waals surface area contributed by atoms with Gasteiger partial charge in [-0.1, -0.05) is 0 Å². The summed E-state index contributed by atoms with van der Waals surface area (Å²) >= 11 is 0. The van der Waals surface area contributed by atoms with Crippen molar-refractivity contribution in [1.29, 1.82) is 0 Å². The standard InChI is InChI=1S/C8H12N4O3S/c13-7-2-1-6(5-9-7)12-16(14,15)8-3-4-10-11-8/h3-4,6,12H,1-2,5H2,(H,9,13)(H,10,11). The lowest BCUT2D eigenvalue weighted by molar-refractivity contribution is -0.122. The van der Waals surface area contributed by atoms with Gasteiger partial charge in [0.25, 0.3) is 10.0 Å². The van der Waals surface area contributed by atoms with E-state index in [1.54, 1.807) is 0 Å². The number of hydrogen-bond acceptors (Lipinski definition) is 4. The highest BCUT2D eigenvalue weighted by Gasteiger charge is 2.24. The van der Waals surface area contributed by atoms with Crippen LogP contribution in [0, 0.1) is 0 Å². The number of hydrogen-bond donors (Lipinski definition) is 3. The van der Waals surface area contributed by atoms with E-state index in [4.69, 9.17) is 0 Å². The topological polar surface area (TPSA) is 104 Å². The first-order valence-electron chi connectivity index (χ1n) is 4.86. The summed E-state index contributed by atoms with van der Waals surface area (Å²) in [6.45, 7) is 0.326. The molecule has 0 saturated carbocycles. The van der Waals surface area contributed by atoms with Crippen LogP contribution in [0.5, 0.6) is 0 Å². The molecule has 0 aromatic carbocycles. The second-order valence-electron chi connectivity index (χ2n) is 3.58. The fraction of sp³-hybridized carbons (Fsp3) is 0.500. The summed E-state index contributed by atoms with van der Waals surface area (Å²) < 4.78 is 26.0. The lowest BCUT2D eigenvalue weighted by Crippen LogP contribution is -2.47. The molecule has 2 heterocycles. The number of nitrogens with zero attached hydrogens (tertiary/aromatic N) is 1. The van der Waals surface area contributed by atoms with Crippen LogP contribution in [0.4, 0.5) is 0 Å². The largest absolute Gasteiger partial charge is 0.355 e. The van der Waals surface area contributed by atoms with Gasteiger partial charge in [-0.25, -0.2) is 13.1 Å². The summed E-state index contributed by atoms with van der Waals surface area (Å²) in [5, 5.41) is 8.61. The maximum Gasteiger partial charge on any atom is 0.257 e. The fourth-order valence-electron chi connectivity index (χ4n) is 1.51. The molecule has 16 heavy (non-hydrogen) atoms. The Labute approximate surface area is 92.7 Å². The van der Waals surface area contributed by atoms with Crippen LogP contribution in [0.1, 0.15) is 12.8 Å². The van der Waals surface area contributed by atoms with Crippen LogP contribution in [-0.4, -0.2) is 37.1 Å². The average molecular weight is 244 g/mol. The van der Waals surface area contributed by atoms with Crippen molar-refractivity contribution in [1.82, 2.24) is 20.2 Å². The molecule has 1 aliphatic heterocycles. The third-order valence-corrected chi connectivity index (χ3v) is 3.80. The number of aromatic amines is 1. The first kappa shape index (κ1) is 11.1. The molecule has 88 valence electrons. The van der Waals surface area contributed by atoms with Crippen molar-refractivity contribution in [2.45, 2.75) is 23.9 Å². The number of nitrogens with one attached hydrogen (secondary N) is 3. The monoisotopic (exact) mass is 244 g/mol. The van der Waals surface area contributed by atoms with Gasteiger partial charge in [0.1, 0.15) is 0 Å². The number of rotatable bonds is 3. The second kappa shape index (κ2) is 4.22. The van der Waals surface area contributed by atoms with Crippen molar-refractivity contribution in [3.05, 3.63) is 12.3 Å². The van der Waals surface area contributed by atoms with Crippen LogP contribution in [-0.2, 0) is 14.8 Å². The maximum absolute atomic E-state index is 11.7. The predicted molar refractivity (Wildman–Crippen MR) is 54.9 cm³/mol. The Morgan fingerprint density at radius 2 is 2.31 bits per heavy atom. The van der Waals surface area contributed by atoms with Crippen molar-refractivity contribution in [2.24, 2.45) is 0 Å². The molecule has 1 aromatic heterocycles. The van der Waals surface area contributed by atoms with Crippen LogP contribution in [0.15, 0.2) is 17.3 Å². The van der Waals surface area contributed by atoms with E-state index in [9.17, 15) is 13.2 Å². The minimum Gasteiger partial charge on any atom is -0.355 e. The predicted octanol–water partition coefficient (Wildman–Crippen LogP) is -1.03. The van der Waals surface area contributed by atoms with Crippen molar-refractivity contribution in [2.75, 3.05) is 6.54 Å². The van der Waals surface area contributed by atoms with E-state index in [0.717, 1.165) is 0 Å². The van der Waals surface area contributed by atoms with Gasteiger partial charge < -0.3 is 5.32 Å². The third kappa shape index (κ3) is 2.39. The third-order valence-electron chi connectivity index (χ3n) is 2.35. The van der Waals surface area contributed by atoms with Gasteiger partial charge in [0.15, 0.2) is 5.03 Å². The molecule has 1 aliphatic rings. The quantitative estimate of drug-likeness (QED) is 0.632. The van der Waals surface area contributed by atoms with Crippen LogP contribution >= 0.6 is 0 Å². The van der Waals surface area contributed by atoms with Crippen molar-refractivity contribution >= 4 is 15.9 Å². The Morgan fingerprint density at radius 3 is 2.88 bits per heavy atom. The van der Waals surface area contributed by atoms with Crippen LogP contribution in [0.2, 0.25) is 0 Å². The molecule has 1 aromatic rings. The molecule has 7 nitrogen and oxygen atoms in total. The SMILES string of the molecule is O=C1CCC(NS(=O)(=O)c2ccn[nH]2)CN1. The first-order chi connectivity index (χ1) is 7.58. The van der Waals surface area contributed by atoms with Gasteiger partial charge in [-0.15, -0.1) is 0 Å². The molecule has 2 rings (SSSR count). The highest BCUT2D eigenvalue weighted by atomic mass is 32.2. The van der Waals surface area contributed by atoms with Gasteiger partial charge in [-0.2, -0.15) is 5.10 Å². The maximum atomic E-state index is 11.7. The zero-order chi connectivity index (χ0) is 11.6. The van der Waals surface area contributed by atoms with Gasteiger partial charge in [-0.3, -0.25) is 9.89 Å². The molecule has 0 radical (unpaired) electrons. The van der Waals surface area contributed by atoms with E-state index in [-0.39, 0.29) is 17.0 Å². The lowest BCUT2D eigenvalue weighted by atomic mass is 10.1. The first-order valence-corrected chi connectivity index (χ1v) is 6.34. The van der Waals surface area contributed by atoms with Crippen LogP contribution in [0.3, 0.4) is 0 Å². The van der Waals surface area contributed by atoms with Gasteiger partial charge in [0.2, 0.25) is 5.91 Å². The highest BCUT2D eigenvalue weighted by Crippen LogP contribution is 2.08. The van der Waals surface area contributed by atoms with E-state index in [1.165, 1.54) is 12.3 Å². The summed E-state index contributed by atoms with van der Waals surface area (Å²) in [5.74, 6) is -0.0445. The van der Waals surface area contributed by atoms with E-state index < -0.39 is 10.0 Å². The molecule has 1 atom stereocenters. The van der Waals surface area contributed by atoms with E-state index >= 15 is 0 Å². The Hall–Kier alpha value is -1.41. The van der Waals surface area contributed by atoms with E-state index in [0.29, 0.717) is 19.4 Å². The molecule has 1 saturated heterocycles. The Balaban J connectivity index is 2.02. The molecule has 8 heteroatoms. The van der Waals surface area contributed by atoms with Gasteiger partial charge in [0, 0.05) is 19.0 Å². The summed E-state index contributed by atoms with van der Waals surface area (Å²) in [6, 6.07) is 1.12. The number of aromatic nitrogens is 2. The van der Waals surface area contributed by atoms with Crippen LogP contribution in [0.25, 0.3) is 0 Å². The second-order valence-corrected chi connectivity index (χ2v) is 5.26. The molecular formula is C8H12N4O3S. The van der Waals surface area contributed by atoms with E-state index in [2.05, 4.69) is 20.2 Å². The molecule has 0 aliphatic carbocycles. The fourth-order valence-corrected chi connectivity index (χ4v) is 2.69. The molecule has 0 spiro atoms. The van der Waals surface area contributed by atoms with Crippen molar-refractivity contribution in [3.8, 4) is 0 Å². The number of carbonyl (C=O) groups excluding carboxylic acids is 1. The number of amides is 1. The highest BCUT2D eigenvalue weighted by molar-refractivity contribution is 7.89. The molecule has 1 unspecified atom stereocenters. The molecule has 3 N–H and O–H groups in total. The number of H-pyrrole nitrogens is 1. The minimum absolute atomic E-state index is 0.0319. The van der Waals surface area contributed by atoms with E-state index in [1.807, 2.05) is 0 Å². The van der Waals surface area contributed by atoms with Crippen molar-refractivity contribution in [3.63, 3.8) is 0 Å². The summed E-state index contributed by atoms with van der Waals surface area (Å²) in [4.78, 5) is 10.9. The zero-order valence-electron chi connectivity index (χ0n) is 8.43. The zero-order valence-corrected chi connectivity index (χ0v) is 9.25. The van der Waals surface area contributed by atoms with Gasteiger partial charge >= 0.3 is 0 Å². The number of sulfonamides is 1. The number of carbonyl (C=O) groups is 1. The summed E-state index contributed by atoms with van der Waals surface area (Å²) in [6.07, 6.45) is 2.23. The molecule has 1 fully saturated rings. The van der Waals surface area contributed by atoms with Gasteiger partial charge in [-0.05, 0) is 12.5 Å². The molecular weight excluding hydrogens is 232 g/mol. The van der Waals surface area contributed by atoms with Crippen molar-refractivity contribution < 1.29 is 13.2 Å². The van der Waals surface area contributed by atoms with Gasteiger partial charge in [0.05, 0.1) is 6.20 Å². The average Bonchev–Trinajstić information content (AvgIpc) is 2.75. The Kier molecular flexibility index (Phi) is 2.92. The Morgan fingerprint density at radius 1 is 1.50 bits per heavy atom.